The normalized spacial score (nSPS) is 25.7. The SMILES string of the molecule is O=C1CC(=O)OC(CCc2ccc(Cl)c(Cl)c2)(C2CCCC2)C1. The lowest BCUT2D eigenvalue weighted by atomic mass is 9.76. The van der Waals surface area contributed by atoms with Crippen LogP contribution in [0.15, 0.2) is 18.2 Å². The van der Waals surface area contributed by atoms with Crippen molar-refractivity contribution in [1.29, 1.82) is 0 Å². The van der Waals surface area contributed by atoms with E-state index in [9.17, 15) is 9.59 Å². The standard InChI is InChI=1S/C18H20Cl2O3/c19-15-6-5-12(9-16(15)20)7-8-18(13-3-1-2-4-13)11-14(21)10-17(22)23-18/h5-6,9,13H,1-4,7-8,10-11H2. The predicted molar refractivity (Wildman–Crippen MR) is 89.8 cm³/mol. The van der Waals surface area contributed by atoms with E-state index >= 15 is 0 Å². The van der Waals surface area contributed by atoms with E-state index in [1.807, 2.05) is 12.1 Å². The minimum absolute atomic E-state index is 0.00212. The number of Topliss-reactive ketones (excluding diaryl/α,β-unsaturated/α-hetero) is 1. The zero-order valence-electron chi connectivity index (χ0n) is 12.9. The van der Waals surface area contributed by atoms with Crippen molar-refractivity contribution < 1.29 is 14.3 Å². The van der Waals surface area contributed by atoms with Gasteiger partial charge in [-0.3, -0.25) is 9.59 Å². The molecule has 23 heavy (non-hydrogen) atoms. The lowest BCUT2D eigenvalue weighted by Crippen LogP contribution is -2.48. The van der Waals surface area contributed by atoms with Crippen LogP contribution in [0, 0.1) is 5.92 Å². The first kappa shape index (κ1) is 16.8. The fourth-order valence-electron chi connectivity index (χ4n) is 3.93. The van der Waals surface area contributed by atoms with Crippen LogP contribution in [0.4, 0.5) is 0 Å². The number of ether oxygens (including phenoxy) is 1. The molecule has 0 bridgehead atoms. The largest absolute Gasteiger partial charge is 0.458 e. The van der Waals surface area contributed by atoms with Crippen LogP contribution in [0.1, 0.15) is 50.5 Å². The maximum atomic E-state index is 12.0. The van der Waals surface area contributed by atoms with Gasteiger partial charge in [-0.2, -0.15) is 0 Å². The van der Waals surface area contributed by atoms with Crippen molar-refractivity contribution in [3.63, 3.8) is 0 Å². The van der Waals surface area contributed by atoms with Crippen molar-refractivity contribution in [3.05, 3.63) is 33.8 Å². The van der Waals surface area contributed by atoms with E-state index in [0.717, 1.165) is 31.2 Å². The average molecular weight is 355 g/mol. The number of ketones is 1. The Bertz CT molecular complexity index is 605. The molecule has 1 aliphatic carbocycles. The summed E-state index contributed by atoms with van der Waals surface area (Å²) in [6.07, 6.45) is 5.99. The van der Waals surface area contributed by atoms with Crippen LogP contribution in [0.25, 0.3) is 0 Å². The van der Waals surface area contributed by atoms with Crippen molar-refractivity contribution in [2.45, 2.75) is 57.0 Å². The first-order valence-corrected chi connectivity index (χ1v) is 8.91. The third-order valence-corrected chi connectivity index (χ3v) is 5.81. The average Bonchev–Trinajstić information content (AvgIpc) is 3.02. The topological polar surface area (TPSA) is 43.4 Å². The molecule has 3 rings (SSSR count). The highest BCUT2D eigenvalue weighted by Crippen LogP contribution is 2.44. The highest BCUT2D eigenvalue weighted by atomic mass is 35.5. The molecule has 1 aromatic rings. The van der Waals surface area contributed by atoms with Gasteiger partial charge in [0.05, 0.1) is 10.0 Å². The summed E-state index contributed by atoms with van der Waals surface area (Å²) in [5, 5.41) is 1.05. The monoisotopic (exact) mass is 354 g/mol. The van der Waals surface area contributed by atoms with Crippen LogP contribution in [0.5, 0.6) is 0 Å². The second-order valence-corrected chi connectivity index (χ2v) is 7.48. The summed E-state index contributed by atoms with van der Waals surface area (Å²) in [7, 11) is 0. The molecule has 1 atom stereocenters. The molecular weight excluding hydrogens is 335 g/mol. The Balaban J connectivity index is 1.79. The number of hydrogen-bond donors (Lipinski definition) is 0. The van der Waals surface area contributed by atoms with Gasteiger partial charge in [-0.15, -0.1) is 0 Å². The van der Waals surface area contributed by atoms with Crippen LogP contribution < -0.4 is 0 Å². The molecule has 124 valence electrons. The van der Waals surface area contributed by atoms with Gasteiger partial charge < -0.3 is 4.74 Å². The number of carbonyl (C=O) groups is 2. The summed E-state index contributed by atoms with van der Waals surface area (Å²) in [5.74, 6) is -0.0805. The third-order valence-electron chi connectivity index (χ3n) is 5.08. The maximum Gasteiger partial charge on any atom is 0.313 e. The number of halogens is 2. The summed E-state index contributed by atoms with van der Waals surface area (Å²) < 4.78 is 5.79. The van der Waals surface area contributed by atoms with Gasteiger partial charge in [0.15, 0.2) is 0 Å². The highest BCUT2D eigenvalue weighted by molar-refractivity contribution is 6.42. The molecule has 5 heteroatoms. The van der Waals surface area contributed by atoms with Crippen LogP contribution in [-0.2, 0) is 20.7 Å². The van der Waals surface area contributed by atoms with Gasteiger partial charge in [0.25, 0.3) is 0 Å². The van der Waals surface area contributed by atoms with Gasteiger partial charge in [0.1, 0.15) is 17.8 Å². The van der Waals surface area contributed by atoms with Gasteiger partial charge in [-0.05, 0) is 49.3 Å². The molecule has 0 spiro atoms. The molecule has 1 saturated carbocycles. The Morgan fingerprint density at radius 3 is 2.52 bits per heavy atom. The highest BCUT2D eigenvalue weighted by Gasteiger charge is 2.47. The molecule has 1 aromatic carbocycles. The predicted octanol–water partition coefficient (Wildman–Crippen LogP) is 4.76. The van der Waals surface area contributed by atoms with Crippen molar-refractivity contribution in [2.75, 3.05) is 0 Å². The van der Waals surface area contributed by atoms with E-state index in [-0.39, 0.29) is 18.2 Å². The molecule has 1 heterocycles. The number of carbonyl (C=O) groups excluding carboxylic acids is 2. The molecule has 0 radical (unpaired) electrons. The number of cyclic esters (lactones) is 1. The molecular formula is C18H20Cl2O3. The molecule has 2 aliphatic rings. The Kier molecular flexibility index (Phi) is 4.98. The minimum atomic E-state index is -0.630. The lowest BCUT2D eigenvalue weighted by molar-refractivity contribution is -0.178. The van der Waals surface area contributed by atoms with E-state index in [1.54, 1.807) is 6.07 Å². The molecule has 1 unspecified atom stereocenters. The molecule has 1 saturated heterocycles. The third kappa shape index (κ3) is 3.72. The van der Waals surface area contributed by atoms with E-state index in [2.05, 4.69) is 0 Å². The van der Waals surface area contributed by atoms with Gasteiger partial charge in [0.2, 0.25) is 0 Å². The first-order chi connectivity index (χ1) is 11.0. The van der Waals surface area contributed by atoms with E-state index in [4.69, 9.17) is 27.9 Å². The second-order valence-electron chi connectivity index (χ2n) is 6.66. The van der Waals surface area contributed by atoms with Gasteiger partial charge in [-0.25, -0.2) is 0 Å². The summed E-state index contributed by atoms with van der Waals surface area (Å²) in [5.41, 5.74) is 0.417. The van der Waals surface area contributed by atoms with Crippen molar-refractivity contribution in [2.24, 2.45) is 5.92 Å². The first-order valence-electron chi connectivity index (χ1n) is 8.16. The zero-order chi connectivity index (χ0) is 16.4. The summed E-state index contributed by atoms with van der Waals surface area (Å²) in [6, 6.07) is 5.56. The number of benzene rings is 1. The van der Waals surface area contributed by atoms with Crippen molar-refractivity contribution in [1.82, 2.24) is 0 Å². The number of hydrogen-bond acceptors (Lipinski definition) is 3. The summed E-state index contributed by atoms with van der Waals surface area (Å²) in [6.45, 7) is 0. The fraction of sp³-hybridized carbons (Fsp3) is 0.556. The fourth-order valence-corrected chi connectivity index (χ4v) is 4.25. The van der Waals surface area contributed by atoms with Gasteiger partial charge >= 0.3 is 5.97 Å². The van der Waals surface area contributed by atoms with Crippen LogP contribution in [-0.4, -0.2) is 17.4 Å². The van der Waals surface area contributed by atoms with Crippen molar-refractivity contribution >= 4 is 35.0 Å². The lowest BCUT2D eigenvalue weighted by Gasteiger charge is -2.41. The number of esters is 1. The molecule has 0 aromatic heterocycles. The Morgan fingerprint density at radius 1 is 1.13 bits per heavy atom. The minimum Gasteiger partial charge on any atom is -0.458 e. The van der Waals surface area contributed by atoms with Gasteiger partial charge in [-0.1, -0.05) is 42.1 Å². The smallest absolute Gasteiger partial charge is 0.313 e. The molecule has 2 fully saturated rings. The van der Waals surface area contributed by atoms with Gasteiger partial charge in [0, 0.05) is 6.42 Å². The van der Waals surface area contributed by atoms with Crippen LogP contribution >= 0.6 is 23.2 Å². The Morgan fingerprint density at radius 2 is 1.87 bits per heavy atom. The van der Waals surface area contributed by atoms with Crippen molar-refractivity contribution in [3.8, 4) is 0 Å². The molecule has 1 aliphatic heterocycles. The van der Waals surface area contributed by atoms with E-state index in [0.29, 0.717) is 35.2 Å². The number of aryl methyl sites for hydroxylation is 1. The maximum absolute atomic E-state index is 12.0. The van der Waals surface area contributed by atoms with Crippen LogP contribution in [0.2, 0.25) is 10.0 Å². The summed E-state index contributed by atoms with van der Waals surface area (Å²) >= 11 is 12.0. The second kappa shape index (κ2) is 6.82. The van der Waals surface area contributed by atoms with E-state index < -0.39 is 5.60 Å². The van der Waals surface area contributed by atoms with Crippen LogP contribution in [0.3, 0.4) is 0 Å². The van der Waals surface area contributed by atoms with E-state index in [1.165, 1.54) is 0 Å². The zero-order valence-corrected chi connectivity index (χ0v) is 14.5. The molecule has 0 N–H and O–H groups in total. The molecule has 3 nitrogen and oxygen atoms in total. The summed E-state index contributed by atoms with van der Waals surface area (Å²) in [4.78, 5) is 23.9. The quantitative estimate of drug-likeness (QED) is 0.578. The Labute approximate surface area is 146 Å². The Hall–Kier alpha value is -1.06. The number of rotatable bonds is 4. The molecule has 0 amide bonds.